The van der Waals surface area contributed by atoms with E-state index in [2.05, 4.69) is 24.8 Å². The zero-order valence-corrected chi connectivity index (χ0v) is 9.81. The lowest BCUT2D eigenvalue weighted by atomic mass is 9.96. The molecule has 1 saturated heterocycles. The summed E-state index contributed by atoms with van der Waals surface area (Å²) in [6.45, 7) is 5.23. The summed E-state index contributed by atoms with van der Waals surface area (Å²) in [6.07, 6.45) is 4.39. The van der Waals surface area contributed by atoms with Crippen LogP contribution in [0.5, 0.6) is 0 Å². The number of hydrogen-bond acceptors (Lipinski definition) is 2. The Bertz CT molecular complexity index is 244. The molecule has 0 amide bonds. The van der Waals surface area contributed by atoms with Gasteiger partial charge in [0.1, 0.15) is 6.04 Å². The van der Waals surface area contributed by atoms with Gasteiger partial charge in [-0.15, -0.1) is 0 Å². The van der Waals surface area contributed by atoms with Gasteiger partial charge in [0.05, 0.1) is 11.1 Å². The average Bonchev–Trinajstić information content (AvgIpc) is 2.21. The number of likely N-dealkylation sites (tertiary alicyclic amines) is 1. The van der Waals surface area contributed by atoms with Gasteiger partial charge in [-0.05, 0) is 25.2 Å². The average molecular weight is 210 g/mol. The van der Waals surface area contributed by atoms with E-state index in [4.69, 9.17) is 17.5 Å². The van der Waals surface area contributed by atoms with E-state index in [9.17, 15) is 0 Å². The van der Waals surface area contributed by atoms with Crippen LogP contribution in [0.15, 0.2) is 0 Å². The van der Waals surface area contributed by atoms with E-state index in [0.29, 0.717) is 5.92 Å². The van der Waals surface area contributed by atoms with Gasteiger partial charge in [0.15, 0.2) is 0 Å². The topological polar surface area (TPSA) is 27.0 Å². The van der Waals surface area contributed by atoms with Crippen molar-refractivity contribution in [2.24, 2.45) is 5.92 Å². The second-order valence-corrected chi connectivity index (χ2v) is 4.47. The van der Waals surface area contributed by atoms with Crippen molar-refractivity contribution in [1.82, 2.24) is 4.90 Å². The molecular formula is C11H18N2S. The molecule has 3 heteroatoms. The lowest BCUT2D eigenvalue weighted by Gasteiger charge is -2.35. The summed E-state index contributed by atoms with van der Waals surface area (Å²) in [5, 5.41) is 9.15. The Kier molecular flexibility index (Phi) is 4.34. The van der Waals surface area contributed by atoms with E-state index >= 15 is 0 Å². The monoisotopic (exact) mass is 210 g/mol. The van der Waals surface area contributed by atoms with Crippen LogP contribution < -0.4 is 0 Å². The number of piperidine rings is 1. The van der Waals surface area contributed by atoms with E-state index < -0.39 is 0 Å². The molecule has 0 aromatic rings. The first kappa shape index (κ1) is 11.5. The highest BCUT2D eigenvalue weighted by atomic mass is 32.1. The fourth-order valence-corrected chi connectivity index (χ4v) is 2.20. The summed E-state index contributed by atoms with van der Waals surface area (Å²) in [5.41, 5.74) is 0. The van der Waals surface area contributed by atoms with Crippen LogP contribution in [-0.4, -0.2) is 22.5 Å². The van der Waals surface area contributed by atoms with E-state index in [1.54, 1.807) is 0 Å². The van der Waals surface area contributed by atoms with Crippen molar-refractivity contribution in [2.45, 2.75) is 45.6 Å². The molecule has 1 fully saturated rings. The molecule has 0 N–H and O–H groups in total. The molecule has 1 rings (SSSR count). The third-order valence-corrected chi connectivity index (χ3v) is 3.45. The molecule has 0 bridgehead atoms. The molecule has 1 aliphatic rings. The predicted octanol–water partition coefficient (Wildman–Crippen LogP) is 2.74. The fourth-order valence-electron chi connectivity index (χ4n) is 1.85. The second kappa shape index (κ2) is 5.31. The third-order valence-electron chi connectivity index (χ3n) is 3.01. The molecule has 0 radical (unpaired) electrons. The van der Waals surface area contributed by atoms with Gasteiger partial charge in [-0.2, -0.15) is 5.26 Å². The Morgan fingerprint density at radius 1 is 1.57 bits per heavy atom. The van der Waals surface area contributed by atoms with Crippen LogP contribution in [0.2, 0.25) is 0 Å². The quantitative estimate of drug-likeness (QED) is 0.670. The van der Waals surface area contributed by atoms with Crippen LogP contribution in [0.4, 0.5) is 0 Å². The molecule has 1 heterocycles. The van der Waals surface area contributed by atoms with Crippen molar-refractivity contribution in [3.8, 4) is 6.07 Å². The maximum absolute atomic E-state index is 9.15. The summed E-state index contributed by atoms with van der Waals surface area (Å²) in [4.78, 5) is 3.12. The van der Waals surface area contributed by atoms with Gasteiger partial charge in [-0.3, -0.25) is 0 Å². The molecule has 14 heavy (non-hydrogen) atoms. The summed E-state index contributed by atoms with van der Waals surface area (Å²) in [7, 11) is 0. The van der Waals surface area contributed by atoms with Crippen molar-refractivity contribution in [3.63, 3.8) is 0 Å². The molecular weight excluding hydrogens is 192 g/mol. The Labute approximate surface area is 91.9 Å². The molecule has 0 spiro atoms. The highest BCUT2D eigenvalue weighted by molar-refractivity contribution is 7.80. The predicted molar refractivity (Wildman–Crippen MR) is 62.0 cm³/mol. The molecule has 0 aliphatic carbocycles. The van der Waals surface area contributed by atoms with Crippen LogP contribution in [-0.2, 0) is 0 Å². The molecule has 2 atom stereocenters. The lowest BCUT2D eigenvalue weighted by molar-refractivity contribution is 0.265. The van der Waals surface area contributed by atoms with Gasteiger partial charge in [0.25, 0.3) is 0 Å². The zero-order chi connectivity index (χ0) is 10.6. The maximum Gasteiger partial charge on any atom is 0.119 e. The molecule has 1 aliphatic heterocycles. The second-order valence-electron chi connectivity index (χ2n) is 4.00. The summed E-state index contributed by atoms with van der Waals surface area (Å²) in [5.74, 6) is 0.413. The smallest absolute Gasteiger partial charge is 0.119 e. The van der Waals surface area contributed by atoms with E-state index in [1.807, 2.05) is 0 Å². The Morgan fingerprint density at radius 2 is 2.29 bits per heavy atom. The highest BCUT2D eigenvalue weighted by Gasteiger charge is 2.26. The molecule has 2 nitrogen and oxygen atoms in total. The van der Waals surface area contributed by atoms with Crippen LogP contribution in [0, 0.1) is 17.2 Å². The lowest BCUT2D eigenvalue weighted by Crippen LogP contribution is -2.44. The first-order chi connectivity index (χ1) is 6.70. The minimum atomic E-state index is -0.00667. The number of thiocarbonyl (C=S) groups is 1. The summed E-state index contributed by atoms with van der Waals surface area (Å²) in [6, 6.07) is 2.38. The van der Waals surface area contributed by atoms with Crippen molar-refractivity contribution in [1.29, 1.82) is 5.26 Å². The first-order valence-electron chi connectivity index (χ1n) is 5.39. The van der Waals surface area contributed by atoms with Crippen LogP contribution in [0.25, 0.3) is 0 Å². The number of nitrogens with zero attached hydrogens (tertiary/aromatic N) is 2. The SMILES string of the molecule is CCC(C)C(C#N)N1CCCCC1=S. The van der Waals surface area contributed by atoms with Gasteiger partial charge < -0.3 is 4.90 Å². The number of nitriles is 1. The summed E-state index contributed by atoms with van der Waals surface area (Å²) >= 11 is 5.31. The molecule has 0 aromatic carbocycles. The van der Waals surface area contributed by atoms with Crippen molar-refractivity contribution in [2.75, 3.05) is 6.54 Å². The number of hydrogen-bond donors (Lipinski definition) is 0. The molecule has 78 valence electrons. The van der Waals surface area contributed by atoms with Crippen molar-refractivity contribution < 1.29 is 0 Å². The Balaban J connectivity index is 2.68. The van der Waals surface area contributed by atoms with E-state index in [1.165, 1.54) is 12.8 Å². The van der Waals surface area contributed by atoms with Gasteiger partial charge in [0, 0.05) is 6.54 Å². The van der Waals surface area contributed by atoms with Gasteiger partial charge in [-0.25, -0.2) is 0 Å². The van der Waals surface area contributed by atoms with Crippen LogP contribution in [0.1, 0.15) is 39.5 Å². The van der Waals surface area contributed by atoms with E-state index in [-0.39, 0.29) is 6.04 Å². The zero-order valence-electron chi connectivity index (χ0n) is 8.99. The van der Waals surface area contributed by atoms with Crippen molar-refractivity contribution >= 4 is 17.2 Å². The Hall–Kier alpha value is -0.620. The molecule has 2 unspecified atom stereocenters. The molecule has 0 saturated carbocycles. The summed E-state index contributed by atoms with van der Waals surface area (Å²) < 4.78 is 0. The van der Waals surface area contributed by atoms with Gasteiger partial charge in [0.2, 0.25) is 0 Å². The third kappa shape index (κ3) is 2.45. The van der Waals surface area contributed by atoms with Gasteiger partial charge in [-0.1, -0.05) is 32.5 Å². The minimum absolute atomic E-state index is 0.00667. The largest absolute Gasteiger partial charge is 0.350 e. The standard InChI is InChI=1S/C11H18N2S/c1-3-9(2)10(8-12)13-7-5-4-6-11(13)14/h9-10H,3-7H2,1-2H3. The highest BCUT2D eigenvalue weighted by Crippen LogP contribution is 2.21. The normalized spacial score (nSPS) is 21.5. The fraction of sp³-hybridized carbons (Fsp3) is 0.818. The Morgan fingerprint density at radius 3 is 2.79 bits per heavy atom. The maximum atomic E-state index is 9.15. The minimum Gasteiger partial charge on any atom is -0.350 e. The van der Waals surface area contributed by atoms with Crippen molar-refractivity contribution in [3.05, 3.63) is 0 Å². The van der Waals surface area contributed by atoms with Gasteiger partial charge >= 0.3 is 0 Å². The first-order valence-corrected chi connectivity index (χ1v) is 5.80. The van der Waals surface area contributed by atoms with Crippen LogP contribution >= 0.6 is 12.2 Å². The van der Waals surface area contributed by atoms with E-state index in [0.717, 1.165) is 24.4 Å². The molecule has 0 aromatic heterocycles. The van der Waals surface area contributed by atoms with Crippen LogP contribution in [0.3, 0.4) is 0 Å². The number of rotatable bonds is 3.